The molecular formula is C5H4N2O3. The minimum Gasteiger partial charge on any atom is -0.365 e. The maximum absolute atomic E-state index is 10.6. The molecule has 0 aliphatic carbocycles. The van der Waals surface area contributed by atoms with Crippen LogP contribution in [0.15, 0.2) is 0 Å². The second-order valence-corrected chi connectivity index (χ2v) is 1.79. The first-order valence-electron chi connectivity index (χ1n) is 2.62. The molecule has 0 atom stereocenters. The van der Waals surface area contributed by atoms with E-state index in [1.54, 1.807) is 0 Å². The highest BCUT2D eigenvalue weighted by molar-refractivity contribution is 6.65. The fourth-order valence-corrected chi connectivity index (χ4v) is 0.640. The van der Waals surface area contributed by atoms with Crippen molar-refractivity contribution in [1.29, 1.82) is 0 Å². The smallest absolute Gasteiger partial charge is 0.365 e. The molecule has 0 amide bonds. The van der Waals surface area contributed by atoms with Gasteiger partial charge in [-0.05, 0) is 0 Å². The average Bonchev–Trinajstić information content (AvgIpc) is 1.88. The van der Waals surface area contributed by atoms with Crippen molar-refractivity contribution in [1.82, 2.24) is 0 Å². The van der Waals surface area contributed by atoms with Crippen LogP contribution >= 0.6 is 0 Å². The number of carbonyl (C=O) groups excluding carboxylic acids is 2. The maximum Gasteiger partial charge on any atom is 0.405 e. The molecule has 0 aromatic rings. The number of hydrogen-bond donors (Lipinski definition) is 0. The quantitative estimate of drug-likeness (QED) is 0.314. The van der Waals surface area contributed by atoms with Gasteiger partial charge in [-0.1, -0.05) is 0 Å². The highest BCUT2D eigenvalue weighted by Crippen LogP contribution is 1.91. The van der Waals surface area contributed by atoms with Crippen molar-refractivity contribution in [2.24, 2.45) is 0 Å². The molecule has 0 N–H and O–H groups in total. The molecule has 1 fully saturated rings. The van der Waals surface area contributed by atoms with E-state index >= 15 is 0 Å². The summed E-state index contributed by atoms with van der Waals surface area (Å²) in [4.78, 5) is 23.7. The zero-order valence-electron chi connectivity index (χ0n) is 5.03. The van der Waals surface area contributed by atoms with Crippen LogP contribution in [0.3, 0.4) is 0 Å². The third-order valence-corrected chi connectivity index (χ3v) is 1.09. The van der Waals surface area contributed by atoms with Crippen LogP contribution in [-0.4, -0.2) is 35.3 Å². The third kappa shape index (κ3) is 1.00. The molecule has 0 unspecified atom stereocenters. The second kappa shape index (κ2) is 2.51. The second-order valence-electron chi connectivity index (χ2n) is 1.79. The predicted molar refractivity (Wildman–Crippen MR) is 29.5 cm³/mol. The fraction of sp³-hybridized carbons (Fsp3) is 0.400. The molecule has 10 heavy (non-hydrogen) atoms. The van der Waals surface area contributed by atoms with Crippen LogP contribution in [0.2, 0.25) is 0 Å². The summed E-state index contributed by atoms with van der Waals surface area (Å²) in [5, 5.41) is 0. The third-order valence-electron chi connectivity index (χ3n) is 1.09. The van der Waals surface area contributed by atoms with Gasteiger partial charge < -0.3 is 10.3 Å². The number of nitrogens with zero attached hydrogens (tertiary/aromatic N) is 2. The van der Waals surface area contributed by atoms with Gasteiger partial charge in [-0.3, -0.25) is 9.59 Å². The molecule has 5 heteroatoms. The van der Waals surface area contributed by atoms with Gasteiger partial charge in [0.25, 0.3) is 11.6 Å². The normalized spacial score (nSPS) is 19.0. The highest BCUT2D eigenvalue weighted by Gasteiger charge is 2.33. The Morgan fingerprint density at radius 3 is 2.10 bits per heavy atom. The van der Waals surface area contributed by atoms with Crippen LogP contribution in [0.1, 0.15) is 0 Å². The number of carbonyl (C=O) groups is 2. The average molecular weight is 140 g/mol. The number of Topliss-reactive ketones (excluding diaryl/α,β-unsaturated/α-hetero) is 2. The van der Waals surface area contributed by atoms with Gasteiger partial charge in [0.05, 0.1) is 0 Å². The summed E-state index contributed by atoms with van der Waals surface area (Å²) in [5.41, 5.74) is 7.71. The van der Waals surface area contributed by atoms with Crippen LogP contribution in [-0.2, 0) is 14.3 Å². The van der Waals surface area contributed by atoms with Crippen molar-refractivity contribution >= 4 is 17.3 Å². The van der Waals surface area contributed by atoms with E-state index in [2.05, 4.69) is 9.53 Å². The molecule has 0 saturated carbocycles. The van der Waals surface area contributed by atoms with E-state index in [0.717, 1.165) is 0 Å². The summed E-state index contributed by atoms with van der Waals surface area (Å²) in [6, 6.07) is 0. The molecule has 1 aliphatic rings. The van der Waals surface area contributed by atoms with Crippen LogP contribution in [0, 0.1) is 0 Å². The SMILES string of the molecule is [N-]=[N+]=C1C(=O)COCC1=O. The number of ketones is 2. The summed E-state index contributed by atoms with van der Waals surface area (Å²) in [7, 11) is 0. The summed E-state index contributed by atoms with van der Waals surface area (Å²) >= 11 is 0. The molecule has 0 spiro atoms. The monoisotopic (exact) mass is 140 g/mol. The van der Waals surface area contributed by atoms with Crippen molar-refractivity contribution in [2.75, 3.05) is 13.2 Å². The first-order chi connectivity index (χ1) is 4.75. The molecule has 0 aromatic carbocycles. The van der Waals surface area contributed by atoms with E-state index in [-0.39, 0.29) is 13.2 Å². The van der Waals surface area contributed by atoms with E-state index < -0.39 is 17.3 Å². The Kier molecular flexibility index (Phi) is 1.71. The van der Waals surface area contributed by atoms with Gasteiger partial charge in [0.15, 0.2) is 0 Å². The molecule has 1 rings (SSSR count). The lowest BCUT2D eigenvalue weighted by Gasteiger charge is -2.02. The lowest BCUT2D eigenvalue weighted by atomic mass is 10.1. The van der Waals surface area contributed by atoms with Gasteiger partial charge in [-0.15, -0.1) is 0 Å². The highest BCUT2D eigenvalue weighted by atomic mass is 16.5. The first kappa shape index (κ1) is 6.80. The van der Waals surface area contributed by atoms with Crippen LogP contribution < -0.4 is 0 Å². The molecule has 52 valence electrons. The zero-order valence-corrected chi connectivity index (χ0v) is 5.03. The van der Waals surface area contributed by atoms with Gasteiger partial charge >= 0.3 is 5.71 Å². The molecule has 0 radical (unpaired) electrons. The van der Waals surface area contributed by atoms with Crippen molar-refractivity contribution in [3.63, 3.8) is 0 Å². The Hall–Kier alpha value is -1.32. The number of rotatable bonds is 0. The number of ether oxygens (including phenoxy) is 1. The van der Waals surface area contributed by atoms with E-state index in [9.17, 15) is 9.59 Å². The Labute approximate surface area is 56.2 Å². The standard InChI is InChI=1S/C5H4N2O3/c6-7-5-3(8)1-10-2-4(5)9/h1-2H2. The lowest BCUT2D eigenvalue weighted by molar-refractivity contribution is -0.134. The van der Waals surface area contributed by atoms with Crippen molar-refractivity contribution < 1.29 is 19.1 Å². The number of hydrogen-bond acceptors (Lipinski definition) is 3. The van der Waals surface area contributed by atoms with E-state index in [1.807, 2.05) is 0 Å². The molecule has 1 heterocycles. The molecule has 1 saturated heterocycles. The molecule has 0 aromatic heterocycles. The Bertz CT molecular complexity index is 221. The molecule has 5 nitrogen and oxygen atoms in total. The fourth-order valence-electron chi connectivity index (χ4n) is 0.640. The van der Waals surface area contributed by atoms with Gasteiger partial charge in [-0.25, -0.2) is 0 Å². The van der Waals surface area contributed by atoms with E-state index in [4.69, 9.17) is 5.53 Å². The summed E-state index contributed by atoms with van der Waals surface area (Å²) in [5.74, 6) is -1.14. The molecule has 0 bridgehead atoms. The van der Waals surface area contributed by atoms with Gasteiger partial charge in [0, 0.05) is 0 Å². The van der Waals surface area contributed by atoms with Crippen LogP contribution in [0.4, 0.5) is 0 Å². The summed E-state index contributed by atoms with van der Waals surface area (Å²) in [6.45, 7) is -0.351. The van der Waals surface area contributed by atoms with Crippen molar-refractivity contribution in [2.45, 2.75) is 0 Å². The molecule has 1 aliphatic heterocycles. The van der Waals surface area contributed by atoms with Gasteiger partial charge in [-0.2, -0.15) is 4.79 Å². The maximum atomic E-state index is 10.6. The Balaban J connectivity index is 2.94. The van der Waals surface area contributed by atoms with Gasteiger partial charge in [0.2, 0.25) is 0 Å². The van der Waals surface area contributed by atoms with Gasteiger partial charge in [0.1, 0.15) is 13.2 Å². The van der Waals surface area contributed by atoms with Crippen molar-refractivity contribution in [3.05, 3.63) is 5.53 Å². The Morgan fingerprint density at radius 2 is 1.80 bits per heavy atom. The lowest BCUT2D eigenvalue weighted by Crippen LogP contribution is -2.37. The first-order valence-corrected chi connectivity index (χ1v) is 2.62. The van der Waals surface area contributed by atoms with Crippen molar-refractivity contribution in [3.8, 4) is 0 Å². The Morgan fingerprint density at radius 1 is 1.30 bits per heavy atom. The molecular weight excluding hydrogens is 136 g/mol. The largest absolute Gasteiger partial charge is 0.405 e. The van der Waals surface area contributed by atoms with E-state index in [0.29, 0.717) is 0 Å². The minimum absolute atomic E-state index is 0.175. The van der Waals surface area contributed by atoms with E-state index in [1.165, 1.54) is 0 Å². The van der Waals surface area contributed by atoms with Crippen LogP contribution in [0.25, 0.3) is 5.53 Å². The zero-order chi connectivity index (χ0) is 7.56. The predicted octanol–water partition coefficient (Wildman–Crippen LogP) is -1.17. The minimum atomic E-state index is -0.571. The topological polar surface area (TPSA) is 79.8 Å². The summed E-state index contributed by atoms with van der Waals surface area (Å²) < 4.78 is 4.54. The van der Waals surface area contributed by atoms with Crippen LogP contribution in [0.5, 0.6) is 0 Å². The summed E-state index contributed by atoms with van der Waals surface area (Å²) in [6.07, 6.45) is 0.